The Kier molecular flexibility index (Phi) is 3.85. The van der Waals surface area contributed by atoms with Gasteiger partial charge in [0, 0.05) is 6.04 Å². The van der Waals surface area contributed by atoms with Crippen LogP contribution in [0, 0.1) is 0 Å². The van der Waals surface area contributed by atoms with E-state index in [0.717, 1.165) is 19.4 Å². The van der Waals surface area contributed by atoms with Crippen LogP contribution in [0.25, 0.3) is 0 Å². The van der Waals surface area contributed by atoms with E-state index in [1.54, 1.807) is 0 Å². The van der Waals surface area contributed by atoms with E-state index in [4.69, 9.17) is 0 Å². The van der Waals surface area contributed by atoms with E-state index in [1.807, 2.05) is 24.8 Å². The molecule has 0 N–H and O–H groups in total. The van der Waals surface area contributed by atoms with Gasteiger partial charge in [0.2, 0.25) is 0 Å². The van der Waals surface area contributed by atoms with Crippen molar-refractivity contribution in [2.24, 2.45) is 0 Å². The quantitative estimate of drug-likeness (QED) is 0.617. The van der Waals surface area contributed by atoms with E-state index in [2.05, 4.69) is 0 Å². The molecule has 76 valence electrons. The lowest BCUT2D eigenvalue weighted by Crippen LogP contribution is -2.34. The maximum Gasteiger partial charge on any atom is 0.251 e. The first-order chi connectivity index (χ1) is 6.15. The average Bonchev–Trinajstić information content (AvgIpc) is 2.50. The number of allylic oxidation sites excluding steroid dienone is 1. The molecule has 0 aromatic heterocycles. The molecule has 0 spiro atoms. The Morgan fingerprint density at radius 2 is 2.31 bits per heavy atom. The molecule has 1 aliphatic heterocycles. The summed E-state index contributed by atoms with van der Waals surface area (Å²) in [5, 5.41) is 0. The second-order valence-electron chi connectivity index (χ2n) is 3.58. The van der Waals surface area contributed by atoms with Crippen molar-refractivity contribution >= 4 is 0 Å². The van der Waals surface area contributed by atoms with Crippen molar-refractivity contribution in [3.63, 3.8) is 0 Å². The highest BCUT2D eigenvalue weighted by Gasteiger charge is 2.27. The van der Waals surface area contributed by atoms with Gasteiger partial charge in [0.15, 0.2) is 0 Å². The topological polar surface area (TPSA) is 3.24 Å². The zero-order chi connectivity index (χ0) is 9.84. The van der Waals surface area contributed by atoms with Gasteiger partial charge in [-0.3, -0.25) is 4.90 Å². The third kappa shape index (κ3) is 2.76. The highest BCUT2D eigenvalue weighted by molar-refractivity contribution is 5.09. The minimum Gasteiger partial charge on any atom is -0.291 e. The van der Waals surface area contributed by atoms with Crippen LogP contribution < -0.4 is 0 Å². The van der Waals surface area contributed by atoms with Crippen LogP contribution in [0.1, 0.15) is 26.7 Å². The fourth-order valence-electron chi connectivity index (χ4n) is 1.93. The normalized spacial score (nSPS) is 25.9. The summed E-state index contributed by atoms with van der Waals surface area (Å²) < 4.78 is 24.3. The molecular formula is C10H17F2N. The summed E-state index contributed by atoms with van der Waals surface area (Å²) >= 11 is 0. The molecular weight excluding hydrogens is 172 g/mol. The number of halogens is 2. The molecule has 0 aliphatic carbocycles. The second-order valence-corrected chi connectivity index (χ2v) is 3.58. The van der Waals surface area contributed by atoms with Crippen molar-refractivity contribution in [1.82, 2.24) is 4.90 Å². The smallest absolute Gasteiger partial charge is 0.251 e. The van der Waals surface area contributed by atoms with E-state index in [0.29, 0.717) is 0 Å². The van der Waals surface area contributed by atoms with Gasteiger partial charge in [0.1, 0.15) is 0 Å². The van der Waals surface area contributed by atoms with Crippen molar-refractivity contribution in [2.45, 2.75) is 39.2 Å². The third-order valence-corrected chi connectivity index (χ3v) is 2.72. The van der Waals surface area contributed by atoms with Crippen LogP contribution in [0.15, 0.2) is 11.6 Å². The predicted octanol–water partition coefficient (Wildman–Crippen LogP) is 2.68. The molecule has 0 aromatic rings. The highest BCUT2D eigenvalue weighted by Crippen LogP contribution is 2.23. The van der Waals surface area contributed by atoms with Crippen molar-refractivity contribution in [2.75, 3.05) is 13.1 Å². The molecule has 0 radical (unpaired) electrons. The summed E-state index contributed by atoms with van der Waals surface area (Å²) in [7, 11) is 0. The van der Waals surface area contributed by atoms with Crippen molar-refractivity contribution in [3.8, 4) is 0 Å². The molecule has 0 saturated carbocycles. The lowest BCUT2D eigenvalue weighted by molar-refractivity contribution is 0.0882. The molecule has 0 unspecified atom stereocenters. The monoisotopic (exact) mass is 189 g/mol. The summed E-state index contributed by atoms with van der Waals surface area (Å²) in [5.41, 5.74) is 1.22. The lowest BCUT2D eigenvalue weighted by Gasteiger charge is -2.24. The molecule has 1 nitrogen and oxygen atoms in total. The molecule has 1 heterocycles. The number of rotatable bonds is 3. The minimum absolute atomic E-state index is 0.0736. The molecule has 1 fully saturated rings. The zero-order valence-corrected chi connectivity index (χ0v) is 8.26. The van der Waals surface area contributed by atoms with Gasteiger partial charge in [-0.25, -0.2) is 8.78 Å². The van der Waals surface area contributed by atoms with E-state index >= 15 is 0 Å². The fourth-order valence-corrected chi connectivity index (χ4v) is 1.93. The van der Waals surface area contributed by atoms with Crippen LogP contribution in [0.4, 0.5) is 8.78 Å². The SMILES string of the molecule is CC=C(C)[C@@H]1CCCN1CC(F)F. The van der Waals surface area contributed by atoms with Crippen molar-refractivity contribution in [1.29, 1.82) is 0 Å². The summed E-state index contributed by atoms with van der Waals surface area (Å²) in [6, 6.07) is 0.263. The Balaban J connectivity index is 2.53. The van der Waals surface area contributed by atoms with Crippen LogP contribution >= 0.6 is 0 Å². The predicted molar refractivity (Wildman–Crippen MR) is 50.0 cm³/mol. The Morgan fingerprint density at radius 3 is 2.85 bits per heavy atom. The lowest BCUT2D eigenvalue weighted by atomic mass is 10.1. The summed E-state index contributed by atoms with van der Waals surface area (Å²) in [4.78, 5) is 1.89. The van der Waals surface area contributed by atoms with E-state index in [9.17, 15) is 8.78 Å². The van der Waals surface area contributed by atoms with Gasteiger partial charge in [-0.15, -0.1) is 0 Å². The largest absolute Gasteiger partial charge is 0.291 e. The molecule has 1 saturated heterocycles. The molecule has 0 aromatic carbocycles. The molecule has 13 heavy (non-hydrogen) atoms. The fraction of sp³-hybridized carbons (Fsp3) is 0.800. The molecule has 0 amide bonds. The summed E-state index contributed by atoms with van der Waals surface area (Å²) in [5.74, 6) is 0. The molecule has 1 aliphatic rings. The molecule has 3 heteroatoms. The maximum atomic E-state index is 12.2. The van der Waals surface area contributed by atoms with Crippen LogP contribution in [0.5, 0.6) is 0 Å². The summed E-state index contributed by atoms with van der Waals surface area (Å²) in [6.45, 7) is 4.73. The van der Waals surface area contributed by atoms with Crippen LogP contribution in [0.3, 0.4) is 0 Å². The van der Waals surface area contributed by atoms with Crippen molar-refractivity contribution in [3.05, 3.63) is 11.6 Å². The minimum atomic E-state index is -2.20. The first-order valence-corrected chi connectivity index (χ1v) is 4.80. The summed E-state index contributed by atoms with van der Waals surface area (Å²) in [6.07, 6.45) is 1.89. The molecule has 0 bridgehead atoms. The van der Waals surface area contributed by atoms with Crippen LogP contribution in [-0.2, 0) is 0 Å². The standard InChI is InChI=1S/C10H17F2N/c1-3-8(2)9-5-4-6-13(9)7-10(11)12/h3,9-10H,4-7H2,1-2H3/t9-/m0/s1. The number of likely N-dealkylation sites (tertiary alicyclic amines) is 1. The second kappa shape index (κ2) is 4.70. The van der Waals surface area contributed by atoms with Crippen LogP contribution in [0.2, 0.25) is 0 Å². The van der Waals surface area contributed by atoms with Crippen LogP contribution in [-0.4, -0.2) is 30.5 Å². The van der Waals surface area contributed by atoms with E-state index < -0.39 is 6.43 Å². The molecule has 1 rings (SSSR count). The van der Waals surface area contributed by atoms with Gasteiger partial charge >= 0.3 is 0 Å². The van der Waals surface area contributed by atoms with Gasteiger partial charge in [0.25, 0.3) is 6.43 Å². The highest BCUT2D eigenvalue weighted by atomic mass is 19.3. The first-order valence-electron chi connectivity index (χ1n) is 4.80. The van der Waals surface area contributed by atoms with E-state index in [1.165, 1.54) is 5.57 Å². The Hall–Kier alpha value is -0.440. The maximum absolute atomic E-state index is 12.2. The van der Waals surface area contributed by atoms with Gasteiger partial charge in [-0.1, -0.05) is 11.6 Å². The Bertz CT molecular complexity index is 189. The average molecular weight is 189 g/mol. The van der Waals surface area contributed by atoms with Gasteiger partial charge in [-0.05, 0) is 33.2 Å². The first kappa shape index (κ1) is 10.6. The van der Waals surface area contributed by atoms with E-state index in [-0.39, 0.29) is 12.6 Å². The van der Waals surface area contributed by atoms with Gasteiger partial charge in [-0.2, -0.15) is 0 Å². The Labute approximate surface area is 78.4 Å². The van der Waals surface area contributed by atoms with Gasteiger partial charge in [0.05, 0.1) is 6.54 Å². The number of hydrogen-bond donors (Lipinski definition) is 0. The van der Waals surface area contributed by atoms with Crippen molar-refractivity contribution < 1.29 is 8.78 Å². The molecule has 1 atom stereocenters. The number of nitrogens with zero attached hydrogens (tertiary/aromatic N) is 1. The third-order valence-electron chi connectivity index (χ3n) is 2.72. The number of hydrogen-bond acceptors (Lipinski definition) is 1. The van der Waals surface area contributed by atoms with Gasteiger partial charge < -0.3 is 0 Å². The Morgan fingerprint density at radius 1 is 1.62 bits per heavy atom. The zero-order valence-electron chi connectivity index (χ0n) is 8.26. The number of alkyl halides is 2.